The molecule has 3 heterocycles. The zero-order chi connectivity index (χ0) is 20.4. The van der Waals surface area contributed by atoms with Crippen LogP contribution in [0.2, 0.25) is 5.02 Å². The highest BCUT2D eigenvalue weighted by Crippen LogP contribution is 2.27. The van der Waals surface area contributed by atoms with E-state index in [0.717, 1.165) is 16.2 Å². The summed E-state index contributed by atoms with van der Waals surface area (Å²) in [7, 11) is 1.75. The molecule has 0 bridgehead atoms. The highest BCUT2D eigenvalue weighted by Gasteiger charge is 2.18. The van der Waals surface area contributed by atoms with Gasteiger partial charge in [0, 0.05) is 17.6 Å². The number of rotatable bonds is 6. The SMILES string of the molecule is Cc1oc(-c2cccs2)nc1CC(=O)N(C)Cc1ccc(-c2ccc(Cl)cc2)o1. The van der Waals surface area contributed by atoms with Crippen molar-refractivity contribution < 1.29 is 13.6 Å². The third kappa shape index (κ3) is 4.44. The van der Waals surface area contributed by atoms with Crippen LogP contribution in [0.4, 0.5) is 0 Å². The van der Waals surface area contributed by atoms with Crippen LogP contribution in [-0.2, 0) is 17.8 Å². The van der Waals surface area contributed by atoms with Crippen molar-refractivity contribution in [3.63, 3.8) is 0 Å². The molecule has 1 amide bonds. The number of nitrogens with zero attached hydrogens (tertiary/aromatic N) is 2. The summed E-state index contributed by atoms with van der Waals surface area (Å²) in [6, 6.07) is 15.1. The number of thiophene rings is 1. The normalized spacial score (nSPS) is 11.0. The van der Waals surface area contributed by atoms with E-state index in [1.807, 2.05) is 60.8 Å². The van der Waals surface area contributed by atoms with Crippen LogP contribution in [0.3, 0.4) is 0 Å². The fourth-order valence-corrected chi connectivity index (χ4v) is 3.71. The molecule has 7 heteroatoms. The Hall–Kier alpha value is -2.83. The Morgan fingerprint density at radius 1 is 1.14 bits per heavy atom. The molecule has 1 aromatic carbocycles. The second-order valence-corrected chi connectivity index (χ2v) is 8.08. The minimum atomic E-state index is -0.0522. The van der Waals surface area contributed by atoms with E-state index in [1.165, 1.54) is 0 Å². The number of hydrogen-bond acceptors (Lipinski definition) is 5. The molecule has 0 radical (unpaired) electrons. The summed E-state index contributed by atoms with van der Waals surface area (Å²) in [6.07, 6.45) is 0.182. The number of aromatic nitrogens is 1. The summed E-state index contributed by atoms with van der Waals surface area (Å²) in [5, 5.41) is 2.64. The average molecular weight is 427 g/mol. The van der Waals surface area contributed by atoms with E-state index in [4.69, 9.17) is 20.4 Å². The lowest BCUT2D eigenvalue weighted by Crippen LogP contribution is -2.27. The zero-order valence-electron chi connectivity index (χ0n) is 16.0. The molecule has 4 aromatic rings. The summed E-state index contributed by atoms with van der Waals surface area (Å²) in [4.78, 5) is 19.7. The fourth-order valence-electron chi connectivity index (χ4n) is 2.93. The largest absolute Gasteiger partial charge is 0.459 e. The van der Waals surface area contributed by atoms with Crippen molar-refractivity contribution in [3.05, 3.63) is 76.1 Å². The molecule has 0 saturated heterocycles. The lowest BCUT2D eigenvalue weighted by molar-refractivity contribution is -0.130. The number of benzene rings is 1. The predicted molar refractivity (Wildman–Crippen MR) is 114 cm³/mol. The van der Waals surface area contributed by atoms with E-state index < -0.39 is 0 Å². The van der Waals surface area contributed by atoms with Crippen LogP contribution in [0.25, 0.3) is 22.1 Å². The molecule has 0 atom stereocenters. The zero-order valence-corrected chi connectivity index (χ0v) is 17.6. The summed E-state index contributed by atoms with van der Waals surface area (Å²) < 4.78 is 11.6. The molecule has 0 aliphatic heterocycles. The Morgan fingerprint density at radius 3 is 2.66 bits per heavy atom. The minimum Gasteiger partial charge on any atom is -0.459 e. The van der Waals surface area contributed by atoms with Crippen molar-refractivity contribution in [1.82, 2.24) is 9.88 Å². The summed E-state index contributed by atoms with van der Waals surface area (Å²) in [5.74, 6) is 2.62. The molecular formula is C22H19ClN2O3S. The van der Waals surface area contributed by atoms with E-state index in [0.29, 0.717) is 34.7 Å². The molecular weight excluding hydrogens is 408 g/mol. The first-order chi connectivity index (χ1) is 14.0. The van der Waals surface area contributed by atoms with Crippen molar-refractivity contribution in [2.24, 2.45) is 0 Å². The van der Waals surface area contributed by atoms with Crippen LogP contribution in [0, 0.1) is 6.92 Å². The van der Waals surface area contributed by atoms with Crippen LogP contribution >= 0.6 is 22.9 Å². The van der Waals surface area contributed by atoms with Gasteiger partial charge in [-0.1, -0.05) is 17.7 Å². The van der Waals surface area contributed by atoms with Crippen LogP contribution < -0.4 is 0 Å². The number of halogens is 1. The first-order valence-corrected chi connectivity index (χ1v) is 10.3. The molecule has 4 rings (SSSR count). The third-order valence-corrected chi connectivity index (χ3v) is 5.66. The van der Waals surface area contributed by atoms with E-state index in [9.17, 15) is 4.79 Å². The first kappa shape index (κ1) is 19.5. The maximum Gasteiger partial charge on any atom is 0.236 e. The minimum absolute atomic E-state index is 0.0522. The Balaban J connectivity index is 1.41. The molecule has 0 unspecified atom stereocenters. The van der Waals surface area contributed by atoms with Gasteiger partial charge in [0.15, 0.2) is 0 Å². The molecule has 3 aromatic heterocycles. The molecule has 0 saturated carbocycles. The molecule has 148 valence electrons. The van der Waals surface area contributed by atoms with E-state index >= 15 is 0 Å². The molecule has 0 N–H and O–H groups in total. The van der Waals surface area contributed by atoms with Crippen LogP contribution in [-0.4, -0.2) is 22.8 Å². The van der Waals surface area contributed by atoms with Gasteiger partial charge < -0.3 is 13.7 Å². The Bertz CT molecular complexity index is 1110. The maximum atomic E-state index is 12.7. The molecule has 0 fully saturated rings. The monoisotopic (exact) mass is 426 g/mol. The van der Waals surface area contributed by atoms with E-state index in [1.54, 1.807) is 23.3 Å². The van der Waals surface area contributed by atoms with Gasteiger partial charge in [-0.3, -0.25) is 4.79 Å². The fraction of sp³-hybridized carbons (Fsp3) is 0.182. The van der Waals surface area contributed by atoms with Gasteiger partial charge in [0.05, 0.1) is 23.5 Å². The van der Waals surface area contributed by atoms with Gasteiger partial charge in [-0.15, -0.1) is 11.3 Å². The number of hydrogen-bond donors (Lipinski definition) is 0. The topological polar surface area (TPSA) is 59.5 Å². The smallest absolute Gasteiger partial charge is 0.236 e. The first-order valence-electron chi connectivity index (χ1n) is 9.08. The van der Waals surface area contributed by atoms with Crippen LogP contribution in [0.15, 0.2) is 62.7 Å². The number of aryl methyl sites for hydroxylation is 1. The van der Waals surface area contributed by atoms with Crippen molar-refractivity contribution in [2.45, 2.75) is 19.9 Å². The Kier molecular flexibility index (Phi) is 5.56. The lowest BCUT2D eigenvalue weighted by Gasteiger charge is -2.15. The predicted octanol–water partition coefficient (Wildman–Crippen LogP) is 5.83. The third-order valence-electron chi connectivity index (χ3n) is 4.55. The van der Waals surface area contributed by atoms with Gasteiger partial charge in [0.1, 0.15) is 17.3 Å². The molecule has 0 aliphatic carbocycles. The van der Waals surface area contributed by atoms with Gasteiger partial charge in [-0.25, -0.2) is 4.98 Å². The van der Waals surface area contributed by atoms with Gasteiger partial charge in [-0.2, -0.15) is 0 Å². The highest BCUT2D eigenvalue weighted by molar-refractivity contribution is 7.13. The van der Waals surface area contributed by atoms with Gasteiger partial charge in [0.2, 0.25) is 11.8 Å². The second kappa shape index (κ2) is 8.27. The van der Waals surface area contributed by atoms with Crippen molar-refractivity contribution >= 4 is 28.8 Å². The van der Waals surface area contributed by atoms with Crippen LogP contribution in [0.5, 0.6) is 0 Å². The Morgan fingerprint density at radius 2 is 1.93 bits per heavy atom. The number of oxazole rings is 1. The van der Waals surface area contributed by atoms with Gasteiger partial charge in [-0.05, 0) is 54.8 Å². The van der Waals surface area contributed by atoms with Crippen molar-refractivity contribution in [2.75, 3.05) is 7.05 Å². The quantitative estimate of drug-likeness (QED) is 0.389. The summed E-state index contributed by atoms with van der Waals surface area (Å²) >= 11 is 7.48. The van der Waals surface area contributed by atoms with Crippen molar-refractivity contribution in [1.29, 1.82) is 0 Å². The van der Waals surface area contributed by atoms with Gasteiger partial charge in [0.25, 0.3) is 0 Å². The maximum absolute atomic E-state index is 12.7. The molecule has 5 nitrogen and oxygen atoms in total. The van der Waals surface area contributed by atoms with E-state index in [-0.39, 0.29) is 12.3 Å². The number of likely N-dealkylation sites (N-methyl/N-ethyl adjacent to an activating group) is 1. The van der Waals surface area contributed by atoms with Crippen molar-refractivity contribution in [3.8, 4) is 22.1 Å². The van der Waals surface area contributed by atoms with Crippen LogP contribution in [0.1, 0.15) is 17.2 Å². The second-order valence-electron chi connectivity index (χ2n) is 6.70. The number of amides is 1. The number of carbonyl (C=O) groups excluding carboxylic acids is 1. The summed E-state index contributed by atoms with van der Waals surface area (Å²) in [5.41, 5.74) is 1.60. The lowest BCUT2D eigenvalue weighted by atomic mass is 10.2. The van der Waals surface area contributed by atoms with Gasteiger partial charge >= 0.3 is 0 Å². The molecule has 0 spiro atoms. The number of carbonyl (C=O) groups is 1. The standard InChI is InChI=1S/C22H19ClN2O3S/c1-14-18(24-22(27-14)20-4-3-11-29-20)12-21(26)25(2)13-17-9-10-19(28-17)15-5-7-16(23)8-6-15/h3-11H,12-13H2,1-2H3. The average Bonchev–Trinajstić information content (AvgIpc) is 3.44. The van der Waals surface area contributed by atoms with E-state index in [2.05, 4.69) is 4.98 Å². The summed E-state index contributed by atoms with van der Waals surface area (Å²) in [6.45, 7) is 2.21. The highest BCUT2D eigenvalue weighted by atomic mass is 35.5. The molecule has 0 aliphatic rings. The molecule has 29 heavy (non-hydrogen) atoms. The Labute approximate surface area is 177 Å². The number of furan rings is 1.